The molecular formula is C32H36Cl3N3O4S. The largest absolute Gasteiger partial charge is 0.352 e. The van der Waals surface area contributed by atoms with Crippen LogP contribution in [0.3, 0.4) is 0 Å². The predicted octanol–water partition coefficient (Wildman–Crippen LogP) is 7.41. The summed E-state index contributed by atoms with van der Waals surface area (Å²) in [6, 6.07) is 17.0. The van der Waals surface area contributed by atoms with E-state index in [1.54, 1.807) is 48.5 Å². The lowest BCUT2D eigenvalue weighted by Gasteiger charge is -2.34. The Balaban J connectivity index is 1.72. The Morgan fingerprint density at radius 2 is 1.63 bits per heavy atom. The molecule has 0 saturated heterocycles. The van der Waals surface area contributed by atoms with E-state index >= 15 is 0 Å². The van der Waals surface area contributed by atoms with Crippen molar-refractivity contribution in [2.75, 3.05) is 10.8 Å². The van der Waals surface area contributed by atoms with E-state index in [9.17, 15) is 18.0 Å². The summed E-state index contributed by atoms with van der Waals surface area (Å²) in [5.41, 5.74) is 1.78. The normalized spacial score (nSPS) is 14.6. The van der Waals surface area contributed by atoms with E-state index in [4.69, 9.17) is 34.8 Å². The van der Waals surface area contributed by atoms with Gasteiger partial charge in [-0.3, -0.25) is 13.9 Å². The zero-order chi connectivity index (χ0) is 31.1. The molecule has 4 rings (SSSR count). The van der Waals surface area contributed by atoms with Gasteiger partial charge in [-0.15, -0.1) is 0 Å². The van der Waals surface area contributed by atoms with Crippen molar-refractivity contribution in [2.45, 2.75) is 75.9 Å². The van der Waals surface area contributed by atoms with Gasteiger partial charge in [0.2, 0.25) is 11.8 Å². The van der Waals surface area contributed by atoms with Gasteiger partial charge in [0.05, 0.1) is 20.6 Å². The molecule has 11 heteroatoms. The molecule has 3 aromatic carbocycles. The van der Waals surface area contributed by atoms with Crippen LogP contribution in [0.4, 0.5) is 5.69 Å². The monoisotopic (exact) mass is 663 g/mol. The van der Waals surface area contributed by atoms with Crippen molar-refractivity contribution in [1.82, 2.24) is 10.2 Å². The van der Waals surface area contributed by atoms with Crippen LogP contribution in [0.15, 0.2) is 71.6 Å². The van der Waals surface area contributed by atoms with E-state index in [0.717, 1.165) is 42.0 Å². The Kier molecular flexibility index (Phi) is 11.4. The lowest BCUT2D eigenvalue weighted by Crippen LogP contribution is -2.54. The second-order valence-electron chi connectivity index (χ2n) is 10.8. The van der Waals surface area contributed by atoms with Crippen LogP contribution in [-0.2, 0) is 26.2 Å². The minimum absolute atomic E-state index is 0.0281. The molecule has 0 spiro atoms. The van der Waals surface area contributed by atoms with Crippen LogP contribution in [0.25, 0.3) is 0 Å². The zero-order valence-corrected chi connectivity index (χ0v) is 27.3. The number of aryl methyl sites for hydroxylation is 1. The minimum atomic E-state index is -4.19. The van der Waals surface area contributed by atoms with Gasteiger partial charge in [0.25, 0.3) is 10.0 Å². The van der Waals surface area contributed by atoms with Gasteiger partial charge in [0.1, 0.15) is 12.6 Å². The zero-order valence-electron chi connectivity index (χ0n) is 24.2. The highest BCUT2D eigenvalue weighted by Gasteiger charge is 2.34. The summed E-state index contributed by atoms with van der Waals surface area (Å²) in [6.45, 7) is 3.17. The van der Waals surface area contributed by atoms with E-state index < -0.39 is 28.5 Å². The fourth-order valence-electron chi connectivity index (χ4n) is 5.30. The highest BCUT2D eigenvalue weighted by atomic mass is 35.5. The van der Waals surface area contributed by atoms with Gasteiger partial charge in [0.15, 0.2) is 0 Å². The lowest BCUT2D eigenvalue weighted by atomic mass is 9.95. The molecule has 3 aromatic rings. The number of nitrogens with zero attached hydrogens (tertiary/aromatic N) is 2. The maximum Gasteiger partial charge on any atom is 0.264 e. The maximum atomic E-state index is 14.2. The highest BCUT2D eigenvalue weighted by molar-refractivity contribution is 7.92. The molecule has 1 aliphatic rings. The van der Waals surface area contributed by atoms with Gasteiger partial charge in [0, 0.05) is 17.6 Å². The average molecular weight is 665 g/mol. The fourth-order valence-corrected chi connectivity index (χ4v) is 7.21. The number of benzene rings is 3. The van der Waals surface area contributed by atoms with Gasteiger partial charge < -0.3 is 10.2 Å². The number of anilines is 1. The molecule has 43 heavy (non-hydrogen) atoms. The summed E-state index contributed by atoms with van der Waals surface area (Å²) in [7, 11) is -4.19. The van der Waals surface area contributed by atoms with Gasteiger partial charge in [-0.25, -0.2) is 8.42 Å². The third kappa shape index (κ3) is 8.44. The third-order valence-corrected chi connectivity index (χ3v) is 10.4. The molecule has 0 heterocycles. The van der Waals surface area contributed by atoms with Crippen molar-refractivity contribution in [3.8, 4) is 0 Å². The number of amides is 2. The molecule has 7 nitrogen and oxygen atoms in total. The number of carbonyl (C=O) groups is 2. The van der Waals surface area contributed by atoms with Gasteiger partial charge in [-0.1, -0.05) is 90.8 Å². The Morgan fingerprint density at radius 1 is 0.930 bits per heavy atom. The Bertz CT molecular complexity index is 1540. The van der Waals surface area contributed by atoms with Crippen LogP contribution < -0.4 is 9.62 Å². The molecule has 230 valence electrons. The van der Waals surface area contributed by atoms with Crippen molar-refractivity contribution in [2.24, 2.45) is 0 Å². The second kappa shape index (κ2) is 14.8. The van der Waals surface area contributed by atoms with Crippen molar-refractivity contribution in [3.63, 3.8) is 0 Å². The predicted molar refractivity (Wildman–Crippen MR) is 173 cm³/mol. The van der Waals surface area contributed by atoms with E-state index in [0.29, 0.717) is 27.1 Å². The van der Waals surface area contributed by atoms with Crippen LogP contribution in [0.5, 0.6) is 0 Å². The van der Waals surface area contributed by atoms with Crippen molar-refractivity contribution in [1.29, 1.82) is 0 Å². The van der Waals surface area contributed by atoms with Crippen molar-refractivity contribution < 1.29 is 18.0 Å². The first-order valence-corrected chi connectivity index (χ1v) is 17.0. The van der Waals surface area contributed by atoms with Gasteiger partial charge in [-0.2, -0.15) is 0 Å². The first-order valence-electron chi connectivity index (χ1n) is 14.4. The van der Waals surface area contributed by atoms with E-state index in [2.05, 4.69) is 5.32 Å². The second-order valence-corrected chi connectivity index (χ2v) is 14.0. The first kappa shape index (κ1) is 33.1. The molecule has 2 amide bonds. The number of sulfonamides is 1. The molecule has 0 aliphatic heterocycles. The molecule has 1 fully saturated rings. The Morgan fingerprint density at radius 3 is 2.26 bits per heavy atom. The smallest absolute Gasteiger partial charge is 0.264 e. The van der Waals surface area contributed by atoms with Crippen LogP contribution in [0.1, 0.15) is 56.6 Å². The summed E-state index contributed by atoms with van der Waals surface area (Å²) in [5, 5.41) is 4.13. The summed E-state index contributed by atoms with van der Waals surface area (Å²) in [6.07, 6.45) is 5.33. The number of halogens is 3. The van der Waals surface area contributed by atoms with Crippen LogP contribution >= 0.6 is 34.8 Å². The average Bonchev–Trinajstić information content (AvgIpc) is 2.98. The molecule has 1 saturated carbocycles. The molecule has 0 bridgehead atoms. The quantitative estimate of drug-likeness (QED) is 0.231. The Labute approximate surface area is 269 Å². The van der Waals surface area contributed by atoms with Gasteiger partial charge in [-0.05, 0) is 74.2 Å². The number of carbonyl (C=O) groups excluding carboxylic acids is 2. The highest BCUT2D eigenvalue weighted by Crippen LogP contribution is 2.28. The summed E-state index contributed by atoms with van der Waals surface area (Å²) < 4.78 is 29.0. The van der Waals surface area contributed by atoms with Crippen LogP contribution in [0, 0.1) is 6.92 Å². The molecule has 0 radical (unpaired) electrons. The van der Waals surface area contributed by atoms with Crippen molar-refractivity contribution >= 4 is 62.3 Å². The van der Waals surface area contributed by atoms with E-state index in [1.165, 1.54) is 23.1 Å². The van der Waals surface area contributed by atoms with Crippen LogP contribution in [-0.4, -0.2) is 43.8 Å². The fraction of sp³-hybridized carbons (Fsp3) is 0.375. The maximum absolute atomic E-state index is 14.2. The summed E-state index contributed by atoms with van der Waals surface area (Å²) >= 11 is 18.7. The SMILES string of the molecule is CC[C@@H](C(=O)NC1CCCCC1)N(Cc1ccc(Cl)c(Cl)c1)C(=O)CN(c1cccc(Cl)c1)S(=O)(=O)c1ccc(C)cc1. The summed E-state index contributed by atoms with van der Waals surface area (Å²) in [4.78, 5) is 29.4. The molecule has 0 unspecified atom stereocenters. The molecule has 1 atom stereocenters. The molecular weight excluding hydrogens is 629 g/mol. The minimum Gasteiger partial charge on any atom is -0.352 e. The van der Waals surface area contributed by atoms with Crippen molar-refractivity contribution in [3.05, 3.63) is 92.9 Å². The standard InChI is InChI=1S/C32H36Cl3N3O4S/c1-3-30(32(40)36-25-9-5-4-6-10-25)37(20-23-14-17-28(34)29(35)18-23)31(39)21-38(26-11-7-8-24(33)19-26)43(41,42)27-15-12-22(2)13-16-27/h7-8,11-19,25,30H,3-6,9-10,20-21H2,1-2H3,(H,36,40)/t30-/m0/s1. The van der Waals surface area contributed by atoms with Crippen LogP contribution in [0.2, 0.25) is 15.1 Å². The first-order chi connectivity index (χ1) is 20.5. The molecule has 1 N–H and O–H groups in total. The lowest BCUT2D eigenvalue weighted by molar-refractivity contribution is -0.140. The number of nitrogens with one attached hydrogen (secondary N) is 1. The third-order valence-electron chi connectivity index (χ3n) is 7.66. The number of hydrogen-bond acceptors (Lipinski definition) is 4. The van der Waals surface area contributed by atoms with E-state index in [-0.39, 0.29) is 29.1 Å². The van der Waals surface area contributed by atoms with E-state index in [1.807, 2.05) is 13.8 Å². The summed E-state index contributed by atoms with van der Waals surface area (Å²) in [5.74, 6) is -0.814. The number of rotatable bonds is 11. The molecule has 0 aromatic heterocycles. The van der Waals surface area contributed by atoms with Gasteiger partial charge >= 0.3 is 0 Å². The Hall–Kier alpha value is -2.78. The molecule has 1 aliphatic carbocycles. The topological polar surface area (TPSA) is 86.8 Å². The number of hydrogen-bond donors (Lipinski definition) is 1.